The highest BCUT2D eigenvalue weighted by atomic mass is 35.5. The van der Waals surface area contributed by atoms with Crippen LogP contribution in [0.2, 0.25) is 5.02 Å². The average Bonchev–Trinajstić information content (AvgIpc) is 3.43. The molecule has 3 rings (SSSR count). The molecule has 128 valence electrons. The van der Waals surface area contributed by atoms with Crippen molar-refractivity contribution in [2.45, 2.75) is 51.5 Å². The van der Waals surface area contributed by atoms with Gasteiger partial charge in [0.15, 0.2) is 0 Å². The lowest BCUT2D eigenvalue weighted by molar-refractivity contribution is 0.299. The van der Waals surface area contributed by atoms with Gasteiger partial charge in [-0.3, -0.25) is 0 Å². The smallest absolute Gasteiger partial charge is 0.138 e. The van der Waals surface area contributed by atoms with E-state index >= 15 is 0 Å². The maximum absolute atomic E-state index is 12.2. The van der Waals surface area contributed by atoms with Gasteiger partial charge >= 0.3 is 0 Å². The number of hydrogen-bond donors (Lipinski definition) is 1. The highest BCUT2D eigenvalue weighted by Crippen LogP contribution is 2.43. The van der Waals surface area contributed by atoms with Crippen LogP contribution in [0.3, 0.4) is 0 Å². The van der Waals surface area contributed by atoms with Crippen LogP contribution in [0.5, 0.6) is 5.75 Å². The molecule has 3 nitrogen and oxygen atoms in total. The van der Waals surface area contributed by atoms with Crippen molar-refractivity contribution in [2.75, 3.05) is 12.4 Å². The lowest BCUT2D eigenvalue weighted by Crippen LogP contribution is -2.32. The Morgan fingerprint density at radius 1 is 1.35 bits per heavy atom. The van der Waals surface area contributed by atoms with Gasteiger partial charge in [-0.1, -0.05) is 31.0 Å². The number of benzene rings is 1. The molecule has 0 bridgehead atoms. The summed E-state index contributed by atoms with van der Waals surface area (Å²) in [6.45, 7) is 2.88. The van der Waals surface area contributed by atoms with Crippen LogP contribution >= 0.6 is 11.6 Å². The van der Waals surface area contributed by atoms with Crippen LogP contribution in [-0.2, 0) is 11.4 Å². The molecule has 2 unspecified atom stereocenters. The van der Waals surface area contributed by atoms with E-state index in [1.165, 1.54) is 25.7 Å². The summed E-state index contributed by atoms with van der Waals surface area (Å²) >= 11 is 5.30. The second-order valence-corrected chi connectivity index (χ2v) is 8.52. The molecule has 1 N–H and O–H groups in total. The number of halogens is 1. The van der Waals surface area contributed by atoms with Gasteiger partial charge in [-0.15, -0.1) is 4.72 Å². The summed E-state index contributed by atoms with van der Waals surface area (Å²) in [4.78, 5) is 0. The van der Waals surface area contributed by atoms with Gasteiger partial charge in [-0.05, 0) is 61.6 Å². The van der Waals surface area contributed by atoms with Crippen molar-refractivity contribution in [2.24, 2.45) is 11.8 Å². The van der Waals surface area contributed by atoms with Gasteiger partial charge in [0.1, 0.15) is 11.5 Å². The Balaban J connectivity index is 1.67. The molecular weight excluding hydrogens is 330 g/mol. The van der Waals surface area contributed by atoms with E-state index < -0.39 is 11.4 Å². The first kappa shape index (κ1) is 17.4. The van der Waals surface area contributed by atoms with Crippen LogP contribution in [0.4, 0.5) is 0 Å². The maximum Gasteiger partial charge on any atom is 0.138 e. The third kappa shape index (κ3) is 5.28. The van der Waals surface area contributed by atoms with Crippen molar-refractivity contribution < 1.29 is 9.29 Å². The summed E-state index contributed by atoms with van der Waals surface area (Å²) in [5, 5.41) is 0.663. The number of unbranched alkanes of at least 4 members (excludes halogenated alkanes) is 1. The molecule has 2 saturated carbocycles. The number of nitrogens with one attached hydrogen (secondary N) is 1. The molecule has 0 aliphatic heterocycles. The zero-order valence-corrected chi connectivity index (χ0v) is 15.3. The van der Waals surface area contributed by atoms with E-state index in [2.05, 4.69) is 11.6 Å². The molecule has 0 saturated heterocycles. The second kappa shape index (κ2) is 8.11. The third-order valence-corrected chi connectivity index (χ3v) is 6.01. The monoisotopic (exact) mass is 355 g/mol. The van der Waals surface area contributed by atoms with E-state index in [-0.39, 0.29) is 6.04 Å². The van der Waals surface area contributed by atoms with Crippen molar-refractivity contribution in [1.82, 2.24) is 4.72 Å². The largest absolute Gasteiger partial charge is 0.598 e. The van der Waals surface area contributed by atoms with E-state index in [1.54, 1.807) is 0 Å². The summed E-state index contributed by atoms with van der Waals surface area (Å²) < 4.78 is 21.4. The Kier molecular flexibility index (Phi) is 6.13. The third-order valence-electron chi connectivity index (χ3n) is 4.52. The number of ether oxygens (including phenoxy) is 1. The van der Waals surface area contributed by atoms with Gasteiger partial charge in [-0.25, -0.2) is 0 Å². The zero-order chi connectivity index (χ0) is 16.2. The fraction of sp³-hybridized carbons (Fsp3) is 0.667. The van der Waals surface area contributed by atoms with Crippen molar-refractivity contribution in [1.29, 1.82) is 0 Å². The highest BCUT2D eigenvalue weighted by Gasteiger charge is 2.35. The average molecular weight is 356 g/mol. The van der Waals surface area contributed by atoms with Crippen molar-refractivity contribution in [3.63, 3.8) is 0 Å². The minimum Gasteiger partial charge on any atom is -0.598 e. The Hall–Kier alpha value is -0.420. The predicted octanol–water partition coefficient (Wildman–Crippen LogP) is 4.63. The topological polar surface area (TPSA) is 44.3 Å². The molecule has 0 radical (unpaired) electrons. The molecule has 1 aromatic carbocycles. The fourth-order valence-electron chi connectivity index (χ4n) is 2.66. The predicted molar refractivity (Wildman–Crippen MR) is 96.2 cm³/mol. The summed E-state index contributed by atoms with van der Waals surface area (Å²) in [5.41, 5.74) is 1.15. The molecule has 23 heavy (non-hydrogen) atoms. The summed E-state index contributed by atoms with van der Waals surface area (Å²) in [6.07, 6.45) is 6.99. The van der Waals surface area contributed by atoms with Crippen LogP contribution in [0.15, 0.2) is 18.2 Å². The number of hydrogen-bond acceptors (Lipinski definition) is 3. The molecule has 1 aromatic rings. The zero-order valence-electron chi connectivity index (χ0n) is 13.7. The Morgan fingerprint density at radius 2 is 2.13 bits per heavy atom. The lowest BCUT2D eigenvalue weighted by Gasteiger charge is -2.21. The SMILES string of the molecule is CCCC[S+]([O-])NC(c1ccc(Cl)c(OCC2CC2)c1)C1CC1. The highest BCUT2D eigenvalue weighted by molar-refractivity contribution is 7.89. The van der Waals surface area contributed by atoms with Gasteiger partial charge in [0.25, 0.3) is 0 Å². The second-order valence-electron chi connectivity index (χ2n) is 6.78. The minimum absolute atomic E-state index is 0.147. The molecule has 0 aromatic heterocycles. The molecule has 2 atom stereocenters. The molecule has 2 fully saturated rings. The maximum atomic E-state index is 12.2. The van der Waals surface area contributed by atoms with Crippen molar-refractivity contribution in [3.8, 4) is 5.75 Å². The van der Waals surface area contributed by atoms with Gasteiger partial charge in [0.2, 0.25) is 0 Å². The summed E-state index contributed by atoms with van der Waals surface area (Å²) in [5.74, 6) is 2.77. The molecule has 2 aliphatic carbocycles. The van der Waals surface area contributed by atoms with Crippen LogP contribution in [0, 0.1) is 11.8 Å². The Morgan fingerprint density at radius 3 is 2.78 bits per heavy atom. The molecule has 0 amide bonds. The first-order valence-electron chi connectivity index (χ1n) is 8.74. The number of rotatable bonds is 10. The van der Waals surface area contributed by atoms with Gasteiger partial charge in [-0.2, -0.15) is 0 Å². The van der Waals surface area contributed by atoms with Gasteiger partial charge in [0, 0.05) is 11.4 Å². The normalized spacial score (nSPS) is 20.3. The van der Waals surface area contributed by atoms with E-state index in [4.69, 9.17) is 16.3 Å². The molecule has 0 spiro atoms. The van der Waals surface area contributed by atoms with Crippen molar-refractivity contribution >= 4 is 23.0 Å². The molecule has 0 heterocycles. The first-order chi connectivity index (χ1) is 11.2. The minimum atomic E-state index is -0.968. The fourth-order valence-corrected chi connectivity index (χ4v) is 4.11. The summed E-state index contributed by atoms with van der Waals surface area (Å²) in [7, 11) is 0. The van der Waals surface area contributed by atoms with Crippen molar-refractivity contribution in [3.05, 3.63) is 28.8 Å². The first-order valence-corrected chi connectivity index (χ1v) is 10.4. The van der Waals surface area contributed by atoms with Crippen LogP contribution in [-0.4, -0.2) is 16.9 Å². The van der Waals surface area contributed by atoms with Gasteiger partial charge < -0.3 is 9.29 Å². The quantitative estimate of drug-likeness (QED) is 0.622. The Labute approximate surface area is 147 Å². The van der Waals surface area contributed by atoms with Crippen LogP contribution < -0.4 is 9.46 Å². The van der Waals surface area contributed by atoms with E-state index in [1.807, 2.05) is 18.2 Å². The van der Waals surface area contributed by atoms with E-state index in [0.717, 1.165) is 36.5 Å². The van der Waals surface area contributed by atoms with E-state index in [0.29, 0.717) is 16.9 Å². The standard InChI is InChI=1S/C18H26ClNO2S/c1-2-3-10-23(21)20-18(14-6-7-14)15-8-9-16(19)17(11-15)22-12-13-4-5-13/h8-9,11,13-14,18,20H,2-7,10,12H2,1H3. The van der Waals surface area contributed by atoms with E-state index in [9.17, 15) is 4.55 Å². The summed E-state index contributed by atoms with van der Waals surface area (Å²) in [6, 6.07) is 6.13. The van der Waals surface area contributed by atoms with Crippen LogP contribution in [0.25, 0.3) is 0 Å². The van der Waals surface area contributed by atoms with Crippen LogP contribution in [0.1, 0.15) is 57.1 Å². The Bertz CT molecular complexity index is 520. The molecular formula is C18H26ClNO2S. The van der Waals surface area contributed by atoms with Gasteiger partial charge in [0.05, 0.1) is 17.7 Å². The molecule has 5 heteroatoms. The lowest BCUT2D eigenvalue weighted by atomic mass is 10.0. The molecule has 2 aliphatic rings.